The molecule has 112 valence electrons. The van der Waals surface area contributed by atoms with Gasteiger partial charge in [0.05, 0.1) is 19.9 Å². The highest BCUT2D eigenvalue weighted by atomic mass is 16.5. The van der Waals surface area contributed by atoms with Crippen LogP contribution in [-0.2, 0) is 13.0 Å². The molecule has 1 heterocycles. The molecule has 0 aliphatic carbocycles. The number of nitrogens with zero attached hydrogens (tertiary/aromatic N) is 3. The second-order valence-corrected chi connectivity index (χ2v) is 4.36. The van der Waals surface area contributed by atoms with E-state index in [0.29, 0.717) is 24.7 Å². The molecular weight excluding hydrogens is 274 g/mol. The SMILES string of the molecule is CCc1ccc(OCCn2cc(C(=O)O)nn2)c(OC)c1. The number of carboxylic acid groups (broad SMARTS) is 1. The van der Waals surface area contributed by atoms with E-state index in [2.05, 4.69) is 17.2 Å². The molecule has 2 aromatic rings. The van der Waals surface area contributed by atoms with Crippen molar-refractivity contribution < 1.29 is 19.4 Å². The number of aryl methyl sites for hydroxylation is 1. The predicted octanol–water partition coefficient (Wildman–Crippen LogP) is 1.63. The minimum Gasteiger partial charge on any atom is -0.493 e. The van der Waals surface area contributed by atoms with Gasteiger partial charge in [0, 0.05) is 0 Å². The molecule has 0 aliphatic rings. The highest BCUT2D eigenvalue weighted by Gasteiger charge is 2.09. The van der Waals surface area contributed by atoms with Crippen LogP contribution in [0, 0.1) is 0 Å². The summed E-state index contributed by atoms with van der Waals surface area (Å²) in [5, 5.41) is 16.0. The van der Waals surface area contributed by atoms with Crippen molar-refractivity contribution in [2.24, 2.45) is 0 Å². The Morgan fingerprint density at radius 2 is 2.19 bits per heavy atom. The zero-order valence-electron chi connectivity index (χ0n) is 11.9. The molecule has 21 heavy (non-hydrogen) atoms. The second kappa shape index (κ2) is 6.74. The molecule has 2 rings (SSSR count). The molecule has 0 saturated heterocycles. The minimum absolute atomic E-state index is 0.0834. The summed E-state index contributed by atoms with van der Waals surface area (Å²) >= 11 is 0. The first-order valence-corrected chi connectivity index (χ1v) is 6.57. The fourth-order valence-corrected chi connectivity index (χ4v) is 1.81. The van der Waals surface area contributed by atoms with Gasteiger partial charge in [0.2, 0.25) is 0 Å². The van der Waals surface area contributed by atoms with Crippen LogP contribution in [0.4, 0.5) is 0 Å². The van der Waals surface area contributed by atoms with Gasteiger partial charge in [-0.15, -0.1) is 5.10 Å². The van der Waals surface area contributed by atoms with E-state index in [4.69, 9.17) is 14.6 Å². The molecular formula is C14H17N3O4. The molecule has 0 aliphatic heterocycles. The van der Waals surface area contributed by atoms with E-state index in [1.165, 1.54) is 16.4 Å². The standard InChI is InChI=1S/C14H17N3O4/c1-3-10-4-5-12(13(8-10)20-2)21-7-6-17-9-11(14(18)19)15-16-17/h4-5,8-9H,3,6-7H2,1-2H3,(H,18,19). The number of aromatic carboxylic acids is 1. The lowest BCUT2D eigenvalue weighted by molar-refractivity contribution is 0.0690. The highest BCUT2D eigenvalue weighted by Crippen LogP contribution is 2.28. The molecule has 0 bridgehead atoms. The first kappa shape index (κ1) is 14.8. The van der Waals surface area contributed by atoms with Crippen LogP contribution in [0.15, 0.2) is 24.4 Å². The van der Waals surface area contributed by atoms with E-state index in [9.17, 15) is 4.79 Å². The molecule has 0 amide bonds. The van der Waals surface area contributed by atoms with Crippen LogP contribution in [0.1, 0.15) is 23.0 Å². The van der Waals surface area contributed by atoms with Crippen molar-refractivity contribution >= 4 is 5.97 Å². The molecule has 7 heteroatoms. The Bertz CT molecular complexity index is 624. The number of hydrogen-bond acceptors (Lipinski definition) is 5. The summed E-state index contributed by atoms with van der Waals surface area (Å²) in [4.78, 5) is 10.7. The fourth-order valence-electron chi connectivity index (χ4n) is 1.81. The Hall–Kier alpha value is -2.57. The third kappa shape index (κ3) is 3.71. The van der Waals surface area contributed by atoms with Gasteiger partial charge in [-0.2, -0.15) is 0 Å². The van der Waals surface area contributed by atoms with Crippen molar-refractivity contribution in [1.82, 2.24) is 15.0 Å². The van der Waals surface area contributed by atoms with Gasteiger partial charge in [-0.25, -0.2) is 9.48 Å². The minimum atomic E-state index is -1.10. The summed E-state index contributed by atoms with van der Waals surface area (Å²) in [6.07, 6.45) is 2.29. The zero-order valence-corrected chi connectivity index (χ0v) is 11.9. The highest BCUT2D eigenvalue weighted by molar-refractivity contribution is 5.84. The van der Waals surface area contributed by atoms with Gasteiger partial charge >= 0.3 is 5.97 Å². The molecule has 7 nitrogen and oxygen atoms in total. The monoisotopic (exact) mass is 291 g/mol. The first-order chi connectivity index (χ1) is 10.1. The van der Waals surface area contributed by atoms with Gasteiger partial charge in [-0.05, 0) is 24.1 Å². The van der Waals surface area contributed by atoms with E-state index in [1.54, 1.807) is 7.11 Å². The fraction of sp³-hybridized carbons (Fsp3) is 0.357. The quantitative estimate of drug-likeness (QED) is 0.834. The lowest BCUT2D eigenvalue weighted by Gasteiger charge is -2.11. The number of carbonyl (C=O) groups is 1. The van der Waals surface area contributed by atoms with Gasteiger partial charge in [-0.3, -0.25) is 0 Å². The molecule has 0 saturated carbocycles. The first-order valence-electron chi connectivity index (χ1n) is 6.57. The summed E-state index contributed by atoms with van der Waals surface area (Å²) in [5.41, 5.74) is 1.08. The summed E-state index contributed by atoms with van der Waals surface area (Å²) in [7, 11) is 1.60. The number of aromatic nitrogens is 3. The van der Waals surface area contributed by atoms with E-state index < -0.39 is 5.97 Å². The van der Waals surface area contributed by atoms with Crippen LogP contribution < -0.4 is 9.47 Å². The maximum absolute atomic E-state index is 10.7. The van der Waals surface area contributed by atoms with Crippen LogP contribution >= 0.6 is 0 Å². The zero-order chi connectivity index (χ0) is 15.2. The van der Waals surface area contributed by atoms with E-state index >= 15 is 0 Å². The number of benzene rings is 1. The Morgan fingerprint density at radius 1 is 1.38 bits per heavy atom. The summed E-state index contributed by atoms with van der Waals surface area (Å²) < 4.78 is 12.4. The summed E-state index contributed by atoms with van der Waals surface area (Å²) in [5.74, 6) is 0.228. The molecule has 0 spiro atoms. The van der Waals surface area contributed by atoms with Crippen LogP contribution in [-0.4, -0.2) is 39.8 Å². The van der Waals surface area contributed by atoms with Crippen LogP contribution in [0.2, 0.25) is 0 Å². The van der Waals surface area contributed by atoms with Crippen molar-refractivity contribution in [2.75, 3.05) is 13.7 Å². The molecule has 0 atom stereocenters. The average Bonchev–Trinajstić information content (AvgIpc) is 2.96. The van der Waals surface area contributed by atoms with Crippen molar-refractivity contribution in [1.29, 1.82) is 0 Å². The normalized spacial score (nSPS) is 10.4. The van der Waals surface area contributed by atoms with Crippen molar-refractivity contribution in [3.05, 3.63) is 35.7 Å². The van der Waals surface area contributed by atoms with Crippen LogP contribution in [0.3, 0.4) is 0 Å². The second-order valence-electron chi connectivity index (χ2n) is 4.36. The Kier molecular flexibility index (Phi) is 4.76. The number of carboxylic acids is 1. The Labute approximate surface area is 122 Å². The number of rotatable bonds is 7. The summed E-state index contributed by atoms with van der Waals surface area (Å²) in [6.45, 7) is 2.81. The maximum atomic E-state index is 10.7. The smallest absolute Gasteiger partial charge is 0.358 e. The Morgan fingerprint density at radius 3 is 2.81 bits per heavy atom. The third-order valence-corrected chi connectivity index (χ3v) is 2.97. The number of ether oxygens (including phenoxy) is 2. The van der Waals surface area contributed by atoms with Crippen molar-refractivity contribution in [2.45, 2.75) is 19.9 Å². The van der Waals surface area contributed by atoms with Crippen LogP contribution in [0.5, 0.6) is 11.5 Å². The van der Waals surface area contributed by atoms with Gasteiger partial charge in [0.25, 0.3) is 0 Å². The third-order valence-electron chi connectivity index (χ3n) is 2.97. The molecule has 1 aromatic carbocycles. The number of methoxy groups -OCH3 is 1. The van der Waals surface area contributed by atoms with Gasteiger partial charge in [0.15, 0.2) is 17.2 Å². The van der Waals surface area contributed by atoms with Gasteiger partial charge < -0.3 is 14.6 Å². The largest absolute Gasteiger partial charge is 0.493 e. The summed E-state index contributed by atoms with van der Waals surface area (Å²) in [6, 6.07) is 5.78. The van der Waals surface area contributed by atoms with E-state index in [-0.39, 0.29) is 5.69 Å². The van der Waals surface area contributed by atoms with Gasteiger partial charge in [0.1, 0.15) is 6.61 Å². The topological polar surface area (TPSA) is 86.5 Å². The van der Waals surface area contributed by atoms with Gasteiger partial charge in [-0.1, -0.05) is 18.2 Å². The molecule has 1 N–H and O–H groups in total. The van der Waals surface area contributed by atoms with Crippen molar-refractivity contribution in [3.63, 3.8) is 0 Å². The Balaban J connectivity index is 1.94. The lowest BCUT2D eigenvalue weighted by atomic mass is 10.1. The predicted molar refractivity (Wildman–Crippen MR) is 74.8 cm³/mol. The van der Waals surface area contributed by atoms with E-state index in [0.717, 1.165) is 6.42 Å². The molecule has 0 unspecified atom stereocenters. The molecule has 0 fully saturated rings. The molecule has 1 aromatic heterocycles. The maximum Gasteiger partial charge on any atom is 0.358 e. The van der Waals surface area contributed by atoms with Crippen LogP contribution in [0.25, 0.3) is 0 Å². The van der Waals surface area contributed by atoms with E-state index in [1.807, 2.05) is 18.2 Å². The number of hydrogen-bond donors (Lipinski definition) is 1. The average molecular weight is 291 g/mol. The molecule has 0 radical (unpaired) electrons. The van der Waals surface area contributed by atoms with Crippen molar-refractivity contribution in [3.8, 4) is 11.5 Å². The lowest BCUT2D eigenvalue weighted by Crippen LogP contribution is -2.09.